The molecule has 0 atom stereocenters. The van der Waals surface area contributed by atoms with Gasteiger partial charge in [-0.05, 0) is 31.5 Å². The summed E-state index contributed by atoms with van der Waals surface area (Å²) >= 11 is 0. The van der Waals surface area contributed by atoms with Gasteiger partial charge in [0.25, 0.3) is 0 Å². The molecule has 1 heterocycles. The van der Waals surface area contributed by atoms with Crippen LogP contribution in [0.25, 0.3) is 5.69 Å². The molecule has 0 aliphatic rings. The van der Waals surface area contributed by atoms with E-state index in [1.165, 1.54) is 4.68 Å². The third kappa shape index (κ3) is 2.67. The summed E-state index contributed by atoms with van der Waals surface area (Å²) in [5, 5.41) is 16.6. The molecule has 0 radical (unpaired) electrons. The molecule has 0 fully saturated rings. The maximum absolute atomic E-state index is 11.8. The molecule has 6 nitrogen and oxygen atoms in total. The van der Waals surface area contributed by atoms with Crippen LogP contribution >= 0.6 is 0 Å². The Balaban J connectivity index is 2.32. The van der Waals surface area contributed by atoms with Crippen LogP contribution in [0.1, 0.15) is 35.1 Å². The first kappa shape index (κ1) is 13.7. The Labute approximate surface area is 116 Å². The summed E-state index contributed by atoms with van der Waals surface area (Å²) < 4.78 is 6.61. The highest BCUT2D eigenvalue weighted by Gasteiger charge is 2.12. The largest absolute Gasteiger partial charge is 0.462 e. The van der Waals surface area contributed by atoms with Crippen molar-refractivity contribution in [3.05, 3.63) is 41.2 Å². The number of carbonyl (C=O) groups is 1. The lowest BCUT2D eigenvalue weighted by atomic mass is 10.2. The molecule has 0 bridgehead atoms. The monoisotopic (exact) mass is 270 g/mol. The zero-order valence-corrected chi connectivity index (χ0v) is 11.3. The summed E-state index contributed by atoms with van der Waals surface area (Å²) in [6, 6.07) is 8.84. The van der Waals surface area contributed by atoms with Gasteiger partial charge in [0, 0.05) is 0 Å². The van der Waals surface area contributed by atoms with E-state index in [9.17, 15) is 4.79 Å². The van der Waals surface area contributed by atoms with Gasteiger partial charge in [-0.1, -0.05) is 18.2 Å². The van der Waals surface area contributed by atoms with Crippen LogP contribution in [-0.2, 0) is 4.74 Å². The molecular weight excluding hydrogens is 256 g/mol. The van der Waals surface area contributed by atoms with Crippen molar-refractivity contribution in [1.82, 2.24) is 15.0 Å². The van der Waals surface area contributed by atoms with Crippen LogP contribution in [0.2, 0.25) is 0 Å². The van der Waals surface area contributed by atoms with Crippen molar-refractivity contribution in [2.24, 2.45) is 0 Å². The number of benzene rings is 1. The first-order chi connectivity index (χ1) is 9.67. The number of ether oxygens (including phenoxy) is 1. The minimum atomic E-state index is -0.369. The fourth-order valence-electron chi connectivity index (χ4n) is 1.72. The molecule has 102 valence electrons. The van der Waals surface area contributed by atoms with E-state index >= 15 is 0 Å². The Morgan fingerprint density at radius 1 is 1.50 bits per heavy atom. The zero-order valence-electron chi connectivity index (χ0n) is 11.3. The molecule has 20 heavy (non-hydrogen) atoms. The molecule has 0 saturated carbocycles. The SMILES string of the molecule is CCCOC(=O)c1cccc(-n2nnc(C#N)c2C)c1. The Morgan fingerprint density at radius 2 is 2.30 bits per heavy atom. The van der Waals surface area contributed by atoms with E-state index < -0.39 is 0 Å². The minimum Gasteiger partial charge on any atom is -0.462 e. The lowest BCUT2D eigenvalue weighted by Gasteiger charge is -2.06. The first-order valence-corrected chi connectivity index (χ1v) is 6.27. The smallest absolute Gasteiger partial charge is 0.338 e. The van der Waals surface area contributed by atoms with Crippen LogP contribution < -0.4 is 0 Å². The van der Waals surface area contributed by atoms with Gasteiger partial charge in [0.2, 0.25) is 0 Å². The average molecular weight is 270 g/mol. The van der Waals surface area contributed by atoms with Gasteiger partial charge in [0.15, 0.2) is 5.69 Å². The van der Waals surface area contributed by atoms with E-state index in [0.717, 1.165) is 6.42 Å². The van der Waals surface area contributed by atoms with Gasteiger partial charge in [-0.15, -0.1) is 5.10 Å². The minimum absolute atomic E-state index is 0.268. The summed E-state index contributed by atoms with van der Waals surface area (Å²) in [5.74, 6) is -0.369. The normalized spacial score (nSPS) is 10.1. The molecule has 0 aliphatic carbocycles. The summed E-state index contributed by atoms with van der Waals surface area (Å²) in [7, 11) is 0. The Bertz CT molecular complexity index is 670. The third-order valence-electron chi connectivity index (χ3n) is 2.76. The Morgan fingerprint density at radius 3 is 2.95 bits per heavy atom. The molecule has 0 N–H and O–H groups in total. The maximum atomic E-state index is 11.8. The van der Waals surface area contributed by atoms with Gasteiger partial charge in [-0.2, -0.15) is 5.26 Å². The van der Waals surface area contributed by atoms with Crippen molar-refractivity contribution >= 4 is 5.97 Å². The van der Waals surface area contributed by atoms with E-state index in [0.29, 0.717) is 23.6 Å². The van der Waals surface area contributed by atoms with E-state index in [-0.39, 0.29) is 11.7 Å². The lowest BCUT2D eigenvalue weighted by Crippen LogP contribution is -2.07. The molecule has 0 aliphatic heterocycles. The number of rotatable bonds is 4. The fraction of sp³-hybridized carbons (Fsp3) is 0.286. The van der Waals surface area contributed by atoms with Crippen LogP contribution in [0.15, 0.2) is 24.3 Å². The number of hydrogen-bond acceptors (Lipinski definition) is 5. The van der Waals surface area contributed by atoms with Crippen molar-refractivity contribution in [2.75, 3.05) is 6.61 Å². The predicted molar refractivity (Wildman–Crippen MR) is 71.4 cm³/mol. The standard InChI is InChI=1S/C14H14N4O2/c1-3-7-20-14(19)11-5-4-6-12(8-11)18-10(2)13(9-15)16-17-18/h4-6,8H,3,7H2,1-2H3. The molecule has 1 aromatic heterocycles. The number of nitriles is 1. The quantitative estimate of drug-likeness (QED) is 0.794. The van der Waals surface area contributed by atoms with Crippen molar-refractivity contribution in [3.8, 4) is 11.8 Å². The number of hydrogen-bond donors (Lipinski definition) is 0. The molecule has 0 unspecified atom stereocenters. The Hall–Kier alpha value is -2.68. The molecule has 1 aromatic carbocycles. The zero-order chi connectivity index (χ0) is 14.5. The van der Waals surface area contributed by atoms with Crippen molar-refractivity contribution in [1.29, 1.82) is 5.26 Å². The molecule has 0 saturated heterocycles. The van der Waals surface area contributed by atoms with Gasteiger partial charge in [0.1, 0.15) is 6.07 Å². The summed E-state index contributed by atoms with van der Waals surface area (Å²) in [5.41, 5.74) is 2.02. The fourth-order valence-corrected chi connectivity index (χ4v) is 1.72. The van der Waals surface area contributed by atoms with Gasteiger partial charge >= 0.3 is 5.97 Å². The predicted octanol–water partition coefficient (Wildman–Crippen LogP) is 2.01. The first-order valence-electron chi connectivity index (χ1n) is 6.27. The second-order valence-electron chi connectivity index (χ2n) is 4.23. The van der Waals surface area contributed by atoms with E-state index in [2.05, 4.69) is 10.3 Å². The molecule has 6 heteroatoms. The summed E-state index contributed by atoms with van der Waals surface area (Å²) in [6.45, 7) is 4.08. The van der Waals surface area contributed by atoms with Crippen molar-refractivity contribution < 1.29 is 9.53 Å². The van der Waals surface area contributed by atoms with Gasteiger partial charge in [0.05, 0.1) is 23.6 Å². The van der Waals surface area contributed by atoms with Crippen molar-refractivity contribution in [2.45, 2.75) is 20.3 Å². The maximum Gasteiger partial charge on any atom is 0.338 e. The lowest BCUT2D eigenvalue weighted by molar-refractivity contribution is 0.0505. The summed E-state index contributed by atoms with van der Waals surface area (Å²) in [6.07, 6.45) is 0.777. The van der Waals surface area contributed by atoms with Crippen LogP contribution in [-0.4, -0.2) is 27.6 Å². The highest BCUT2D eigenvalue weighted by atomic mass is 16.5. The van der Waals surface area contributed by atoms with Crippen molar-refractivity contribution in [3.63, 3.8) is 0 Å². The van der Waals surface area contributed by atoms with E-state index in [1.807, 2.05) is 13.0 Å². The van der Waals surface area contributed by atoms with Crippen LogP contribution in [0.3, 0.4) is 0 Å². The highest BCUT2D eigenvalue weighted by Crippen LogP contribution is 2.14. The molecule has 0 spiro atoms. The second-order valence-corrected chi connectivity index (χ2v) is 4.23. The van der Waals surface area contributed by atoms with E-state index in [1.54, 1.807) is 31.2 Å². The third-order valence-corrected chi connectivity index (χ3v) is 2.76. The highest BCUT2D eigenvalue weighted by molar-refractivity contribution is 5.90. The molecular formula is C14H14N4O2. The van der Waals surface area contributed by atoms with Crippen LogP contribution in [0.4, 0.5) is 0 Å². The van der Waals surface area contributed by atoms with E-state index in [4.69, 9.17) is 10.00 Å². The van der Waals surface area contributed by atoms with Crippen LogP contribution in [0.5, 0.6) is 0 Å². The van der Waals surface area contributed by atoms with Crippen LogP contribution in [0, 0.1) is 18.3 Å². The second kappa shape index (κ2) is 5.97. The summed E-state index contributed by atoms with van der Waals surface area (Å²) in [4.78, 5) is 11.8. The average Bonchev–Trinajstić information content (AvgIpc) is 2.85. The number of esters is 1. The molecule has 2 rings (SSSR count). The van der Waals surface area contributed by atoms with Gasteiger partial charge < -0.3 is 4.74 Å². The van der Waals surface area contributed by atoms with Gasteiger partial charge in [-0.3, -0.25) is 0 Å². The van der Waals surface area contributed by atoms with Gasteiger partial charge in [-0.25, -0.2) is 9.48 Å². The molecule has 0 amide bonds. The molecule has 2 aromatic rings. The number of carbonyl (C=O) groups excluding carboxylic acids is 1. The topological polar surface area (TPSA) is 80.8 Å². The number of nitrogens with zero attached hydrogens (tertiary/aromatic N) is 4. The number of aromatic nitrogens is 3. The Kier molecular flexibility index (Phi) is 4.11.